The lowest BCUT2D eigenvalue weighted by Gasteiger charge is -2.02. The number of nitrogens with one attached hydrogen (secondary N) is 2. The number of aromatic nitrogens is 1. The van der Waals surface area contributed by atoms with Crippen LogP contribution < -0.4 is 21.1 Å². The summed E-state index contributed by atoms with van der Waals surface area (Å²) in [5.74, 6) is 0.00115. The first-order chi connectivity index (χ1) is 9.62. The summed E-state index contributed by atoms with van der Waals surface area (Å²) in [5, 5.41) is 5.48. The minimum Gasteiger partial charge on any atom is -0.497 e. The molecule has 0 spiro atoms. The van der Waals surface area contributed by atoms with Crippen molar-refractivity contribution in [3.05, 3.63) is 18.2 Å². The number of benzene rings is 1. The fourth-order valence-corrected chi connectivity index (χ4v) is 2.41. The Balaban J connectivity index is 2.02. The summed E-state index contributed by atoms with van der Waals surface area (Å²) in [4.78, 5) is 26.8. The number of thiazole rings is 1. The number of anilines is 1. The van der Waals surface area contributed by atoms with Gasteiger partial charge in [0.2, 0.25) is 11.8 Å². The smallest absolute Gasteiger partial charge is 0.245 e. The molecule has 0 bridgehead atoms. The number of carbonyl (C=O) groups excluding carboxylic acids is 2. The highest BCUT2D eigenvalue weighted by Gasteiger charge is 2.09. The number of nitrogens with two attached hydrogens (primary N) is 1. The first-order valence-corrected chi connectivity index (χ1v) is 6.65. The van der Waals surface area contributed by atoms with E-state index in [9.17, 15) is 9.59 Å². The van der Waals surface area contributed by atoms with Gasteiger partial charge in [-0.1, -0.05) is 11.3 Å². The molecule has 8 heteroatoms. The Kier molecular flexibility index (Phi) is 4.49. The summed E-state index contributed by atoms with van der Waals surface area (Å²) in [6.07, 6.45) is 0. The van der Waals surface area contributed by atoms with E-state index in [1.54, 1.807) is 13.2 Å². The number of hydrogen-bond donors (Lipinski definition) is 3. The van der Waals surface area contributed by atoms with Crippen LogP contribution in [-0.4, -0.2) is 37.0 Å². The van der Waals surface area contributed by atoms with Crippen LogP contribution in [0.25, 0.3) is 10.2 Å². The Bertz CT molecular complexity index is 641. The maximum absolute atomic E-state index is 11.6. The maximum atomic E-state index is 11.6. The van der Waals surface area contributed by atoms with E-state index in [4.69, 9.17) is 10.5 Å². The summed E-state index contributed by atoms with van der Waals surface area (Å²) in [6.45, 7) is -0.274. The normalized spacial score (nSPS) is 10.3. The molecule has 1 heterocycles. The molecule has 2 aromatic rings. The lowest BCUT2D eigenvalue weighted by Crippen LogP contribution is -2.36. The van der Waals surface area contributed by atoms with E-state index >= 15 is 0 Å². The van der Waals surface area contributed by atoms with Crippen LogP contribution in [0.3, 0.4) is 0 Å². The van der Waals surface area contributed by atoms with Crippen LogP contribution >= 0.6 is 11.3 Å². The Morgan fingerprint density at radius 3 is 2.90 bits per heavy atom. The molecule has 2 rings (SSSR count). The molecule has 1 aromatic carbocycles. The SMILES string of the molecule is COc1ccc2nc(NC(=O)CNC(=O)CN)sc2c1. The first-order valence-electron chi connectivity index (χ1n) is 5.83. The highest BCUT2D eigenvalue weighted by Crippen LogP contribution is 2.28. The third-order valence-electron chi connectivity index (χ3n) is 2.47. The third-order valence-corrected chi connectivity index (χ3v) is 3.41. The maximum Gasteiger partial charge on any atom is 0.245 e. The van der Waals surface area contributed by atoms with Crippen molar-refractivity contribution in [2.75, 3.05) is 25.5 Å². The van der Waals surface area contributed by atoms with E-state index < -0.39 is 0 Å². The fraction of sp³-hybridized carbons (Fsp3) is 0.250. The van der Waals surface area contributed by atoms with Gasteiger partial charge in [-0.25, -0.2) is 4.98 Å². The summed E-state index contributed by atoms with van der Waals surface area (Å²) >= 11 is 1.33. The molecule has 106 valence electrons. The quantitative estimate of drug-likeness (QED) is 0.736. The van der Waals surface area contributed by atoms with E-state index in [1.165, 1.54) is 11.3 Å². The monoisotopic (exact) mass is 294 g/mol. The summed E-state index contributed by atoms with van der Waals surface area (Å²) in [7, 11) is 1.59. The number of fused-ring (bicyclic) bond motifs is 1. The van der Waals surface area contributed by atoms with Crippen molar-refractivity contribution in [2.45, 2.75) is 0 Å². The van der Waals surface area contributed by atoms with Crippen LogP contribution in [0, 0.1) is 0 Å². The van der Waals surface area contributed by atoms with Gasteiger partial charge in [0, 0.05) is 0 Å². The highest BCUT2D eigenvalue weighted by atomic mass is 32.1. The van der Waals surface area contributed by atoms with Crippen molar-refractivity contribution < 1.29 is 14.3 Å². The number of hydrogen-bond acceptors (Lipinski definition) is 6. The molecule has 0 saturated heterocycles. The second kappa shape index (κ2) is 6.31. The van der Waals surface area contributed by atoms with Crippen LogP contribution in [0.4, 0.5) is 5.13 Å². The molecule has 0 fully saturated rings. The van der Waals surface area contributed by atoms with Gasteiger partial charge in [-0.3, -0.25) is 9.59 Å². The molecule has 0 unspecified atom stereocenters. The molecular formula is C12H14N4O3S. The van der Waals surface area contributed by atoms with Gasteiger partial charge in [-0.2, -0.15) is 0 Å². The lowest BCUT2D eigenvalue weighted by molar-refractivity contribution is -0.123. The lowest BCUT2D eigenvalue weighted by atomic mass is 10.3. The fourth-order valence-electron chi connectivity index (χ4n) is 1.50. The molecule has 0 atom stereocenters. The Morgan fingerprint density at radius 2 is 2.20 bits per heavy atom. The molecule has 0 radical (unpaired) electrons. The van der Waals surface area contributed by atoms with Crippen LogP contribution in [-0.2, 0) is 9.59 Å². The summed E-state index contributed by atoms with van der Waals surface area (Å²) in [5.41, 5.74) is 5.90. The van der Waals surface area contributed by atoms with Gasteiger partial charge >= 0.3 is 0 Å². The third kappa shape index (κ3) is 3.43. The number of nitrogens with zero attached hydrogens (tertiary/aromatic N) is 1. The molecule has 0 saturated carbocycles. The van der Waals surface area contributed by atoms with Gasteiger partial charge < -0.3 is 21.1 Å². The van der Waals surface area contributed by atoms with Crippen molar-refractivity contribution in [1.82, 2.24) is 10.3 Å². The van der Waals surface area contributed by atoms with Gasteiger partial charge in [0.1, 0.15) is 5.75 Å². The standard InChI is InChI=1S/C12H14N4O3S/c1-19-7-2-3-8-9(4-7)20-12(15-8)16-11(18)6-14-10(17)5-13/h2-4H,5-6,13H2,1H3,(H,14,17)(H,15,16,18). The molecule has 20 heavy (non-hydrogen) atoms. The van der Waals surface area contributed by atoms with Gasteiger partial charge in [0.05, 0.1) is 30.4 Å². The number of rotatable bonds is 5. The number of carbonyl (C=O) groups is 2. The molecule has 7 nitrogen and oxygen atoms in total. The molecule has 4 N–H and O–H groups in total. The van der Waals surface area contributed by atoms with Crippen molar-refractivity contribution >= 4 is 38.5 Å². The van der Waals surface area contributed by atoms with Gasteiger partial charge in [-0.15, -0.1) is 0 Å². The minimum absolute atomic E-state index is 0.130. The van der Waals surface area contributed by atoms with Crippen LogP contribution in [0.1, 0.15) is 0 Å². The molecule has 0 aliphatic carbocycles. The molecular weight excluding hydrogens is 280 g/mol. The number of methoxy groups -OCH3 is 1. The van der Waals surface area contributed by atoms with Crippen LogP contribution in [0.15, 0.2) is 18.2 Å². The Labute approximate surface area is 119 Å². The second-order valence-corrected chi connectivity index (χ2v) is 4.91. The average Bonchev–Trinajstić information content (AvgIpc) is 2.85. The minimum atomic E-state index is -0.380. The summed E-state index contributed by atoms with van der Waals surface area (Å²) < 4.78 is 6.03. The summed E-state index contributed by atoms with van der Waals surface area (Å²) in [6, 6.07) is 5.46. The number of ether oxygens (including phenoxy) is 1. The van der Waals surface area contributed by atoms with Gasteiger partial charge in [0.15, 0.2) is 5.13 Å². The van der Waals surface area contributed by atoms with Crippen LogP contribution in [0.5, 0.6) is 5.75 Å². The van der Waals surface area contributed by atoms with E-state index in [2.05, 4.69) is 15.6 Å². The van der Waals surface area contributed by atoms with E-state index in [1.807, 2.05) is 12.1 Å². The van der Waals surface area contributed by atoms with E-state index in [0.29, 0.717) is 5.13 Å². The number of amides is 2. The average molecular weight is 294 g/mol. The topological polar surface area (TPSA) is 106 Å². The Hall–Kier alpha value is -2.19. The predicted molar refractivity (Wildman–Crippen MR) is 76.9 cm³/mol. The van der Waals surface area contributed by atoms with Crippen LogP contribution in [0.2, 0.25) is 0 Å². The zero-order valence-electron chi connectivity index (χ0n) is 10.8. The van der Waals surface area contributed by atoms with E-state index in [-0.39, 0.29) is 24.9 Å². The van der Waals surface area contributed by atoms with Crippen molar-refractivity contribution in [2.24, 2.45) is 5.73 Å². The zero-order valence-corrected chi connectivity index (χ0v) is 11.6. The van der Waals surface area contributed by atoms with Crippen molar-refractivity contribution in [1.29, 1.82) is 0 Å². The molecule has 2 amide bonds. The second-order valence-electron chi connectivity index (χ2n) is 3.88. The molecule has 1 aromatic heterocycles. The molecule has 0 aliphatic rings. The Morgan fingerprint density at radius 1 is 1.40 bits per heavy atom. The van der Waals surface area contributed by atoms with Crippen molar-refractivity contribution in [3.8, 4) is 5.75 Å². The van der Waals surface area contributed by atoms with Crippen molar-refractivity contribution in [3.63, 3.8) is 0 Å². The predicted octanol–water partition coefficient (Wildman–Crippen LogP) is 0.318. The largest absolute Gasteiger partial charge is 0.497 e. The first kappa shape index (κ1) is 14.2. The van der Waals surface area contributed by atoms with Gasteiger partial charge in [-0.05, 0) is 18.2 Å². The van der Waals surface area contributed by atoms with E-state index in [0.717, 1.165) is 16.0 Å². The molecule has 0 aliphatic heterocycles. The highest BCUT2D eigenvalue weighted by molar-refractivity contribution is 7.22. The van der Waals surface area contributed by atoms with Gasteiger partial charge in [0.25, 0.3) is 0 Å². The zero-order chi connectivity index (χ0) is 14.5.